The molecule has 2 rings (SSSR count). The summed E-state index contributed by atoms with van der Waals surface area (Å²) in [6.07, 6.45) is 3.00. The van der Waals surface area contributed by atoms with E-state index in [2.05, 4.69) is 6.92 Å². The van der Waals surface area contributed by atoms with Crippen LogP contribution in [0.1, 0.15) is 42.0 Å². The summed E-state index contributed by atoms with van der Waals surface area (Å²) in [6.45, 7) is 2.09. The van der Waals surface area contributed by atoms with E-state index in [1.807, 2.05) is 0 Å². The molecule has 0 bridgehead atoms. The molecule has 0 radical (unpaired) electrons. The first-order valence-corrected chi connectivity index (χ1v) is 7.41. The summed E-state index contributed by atoms with van der Waals surface area (Å²) in [5.41, 5.74) is 0.733. The fourth-order valence-corrected chi connectivity index (χ4v) is 2.19. The molecule has 0 N–H and O–H groups in total. The maximum Gasteiger partial charge on any atom is 0.166 e. The van der Waals surface area contributed by atoms with Crippen molar-refractivity contribution in [3.8, 4) is 6.07 Å². The Morgan fingerprint density at radius 3 is 2.17 bits per heavy atom. The van der Waals surface area contributed by atoms with E-state index in [0.29, 0.717) is 0 Å². The summed E-state index contributed by atoms with van der Waals surface area (Å²) < 4.78 is 41.9. The van der Waals surface area contributed by atoms with Crippen molar-refractivity contribution in [1.82, 2.24) is 0 Å². The van der Waals surface area contributed by atoms with E-state index in [4.69, 9.17) is 5.26 Å². The van der Waals surface area contributed by atoms with E-state index in [0.717, 1.165) is 37.0 Å². The molecule has 0 aromatic heterocycles. The highest BCUT2D eigenvalue weighted by atomic mass is 19.2. The highest BCUT2D eigenvalue weighted by Crippen LogP contribution is 2.29. The van der Waals surface area contributed by atoms with E-state index in [9.17, 15) is 13.2 Å². The van der Waals surface area contributed by atoms with Gasteiger partial charge in [0.15, 0.2) is 11.7 Å². The Morgan fingerprint density at radius 2 is 1.61 bits per heavy atom. The minimum atomic E-state index is -1.14. The molecular formula is C19H16F3N. The van der Waals surface area contributed by atoms with Crippen LogP contribution < -0.4 is 0 Å². The van der Waals surface area contributed by atoms with Crippen molar-refractivity contribution in [2.75, 3.05) is 0 Å². The molecule has 0 atom stereocenters. The van der Waals surface area contributed by atoms with E-state index in [1.165, 1.54) is 18.2 Å². The van der Waals surface area contributed by atoms with E-state index >= 15 is 0 Å². The van der Waals surface area contributed by atoms with E-state index in [1.54, 1.807) is 18.2 Å². The Labute approximate surface area is 133 Å². The van der Waals surface area contributed by atoms with Gasteiger partial charge in [0, 0.05) is 11.1 Å². The molecule has 0 fully saturated rings. The van der Waals surface area contributed by atoms with Crippen LogP contribution in [0.3, 0.4) is 0 Å². The van der Waals surface area contributed by atoms with Gasteiger partial charge >= 0.3 is 0 Å². The van der Waals surface area contributed by atoms with Gasteiger partial charge in [-0.1, -0.05) is 43.7 Å². The lowest BCUT2D eigenvalue weighted by Crippen LogP contribution is -1.90. The number of hydrogen-bond donors (Lipinski definition) is 0. The van der Waals surface area contributed by atoms with Crippen molar-refractivity contribution in [2.24, 2.45) is 0 Å². The summed E-state index contributed by atoms with van der Waals surface area (Å²) in [7, 11) is 0. The SMILES string of the molecule is CCCCc1ccc(C(F)=C(F)c2ccc(C#N)c(F)c2)cc1. The molecule has 0 saturated carbocycles. The third-order valence-electron chi connectivity index (χ3n) is 3.56. The maximum atomic E-state index is 14.2. The van der Waals surface area contributed by atoms with Crippen molar-refractivity contribution < 1.29 is 13.2 Å². The number of aryl methyl sites for hydroxylation is 1. The molecule has 0 saturated heterocycles. The smallest absolute Gasteiger partial charge is 0.166 e. The molecule has 0 aliphatic carbocycles. The summed E-state index contributed by atoms with van der Waals surface area (Å²) in [4.78, 5) is 0. The van der Waals surface area contributed by atoms with Crippen LogP contribution in [0.5, 0.6) is 0 Å². The molecule has 0 amide bonds. The molecule has 118 valence electrons. The second-order valence-corrected chi connectivity index (χ2v) is 5.23. The van der Waals surface area contributed by atoms with E-state index in [-0.39, 0.29) is 16.7 Å². The molecule has 1 nitrogen and oxygen atoms in total. The first-order chi connectivity index (χ1) is 11.1. The third kappa shape index (κ3) is 4.01. The largest absolute Gasteiger partial charge is 0.206 e. The first-order valence-electron chi connectivity index (χ1n) is 7.41. The second-order valence-electron chi connectivity index (χ2n) is 5.23. The van der Waals surface area contributed by atoms with Crippen LogP contribution in [0.15, 0.2) is 42.5 Å². The normalized spacial score (nSPS) is 11.8. The van der Waals surface area contributed by atoms with Crippen molar-refractivity contribution in [3.63, 3.8) is 0 Å². The average Bonchev–Trinajstić information content (AvgIpc) is 2.59. The quantitative estimate of drug-likeness (QED) is 0.639. The standard InChI is InChI=1S/C19H16F3N/c1-2-3-4-13-5-7-14(8-6-13)18(21)19(22)15-9-10-16(12-23)17(20)11-15/h5-11H,2-4H2,1H3. The maximum absolute atomic E-state index is 14.2. The Kier molecular flexibility index (Phi) is 5.59. The summed E-state index contributed by atoms with van der Waals surface area (Å²) in [5.74, 6) is -3.06. The van der Waals surface area contributed by atoms with E-state index < -0.39 is 17.5 Å². The third-order valence-corrected chi connectivity index (χ3v) is 3.56. The lowest BCUT2D eigenvalue weighted by molar-refractivity contribution is 0.621. The molecular weight excluding hydrogens is 299 g/mol. The van der Waals surface area contributed by atoms with Gasteiger partial charge in [0.05, 0.1) is 5.56 Å². The summed E-state index contributed by atoms with van der Waals surface area (Å²) in [6, 6.07) is 11.3. The fourth-order valence-electron chi connectivity index (χ4n) is 2.19. The van der Waals surface area contributed by atoms with Gasteiger partial charge in [-0.15, -0.1) is 0 Å². The number of hydrogen-bond acceptors (Lipinski definition) is 1. The van der Waals surface area contributed by atoms with Crippen LogP contribution >= 0.6 is 0 Å². The lowest BCUT2D eigenvalue weighted by Gasteiger charge is -2.05. The Bertz CT molecular complexity index is 755. The summed E-state index contributed by atoms with van der Waals surface area (Å²) in [5, 5.41) is 8.65. The van der Waals surface area contributed by atoms with Gasteiger partial charge < -0.3 is 0 Å². The van der Waals surface area contributed by atoms with Gasteiger partial charge in [0.1, 0.15) is 11.9 Å². The van der Waals surface area contributed by atoms with Crippen LogP contribution in [0.2, 0.25) is 0 Å². The zero-order valence-corrected chi connectivity index (χ0v) is 12.7. The minimum Gasteiger partial charge on any atom is -0.206 e. The van der Waals surface area contributed by atoms with Gasteiger partial charge in [0.25, 0.3) is 0 Å². The Balaban J connectivity index is 2.29. The second kappa shape index (κ2) is 7.64. The molecule has 23 heavy (non-hydrogen) atoms. The zero-order chi connectivity index (χ0) is 16.8. The van der Waals surface area contributed by atoms with Gasteiger partial charge in [-0.3, -0.25) is 0 Å². The average molecular weight is 315 g/mol. The predicted octanol–water partition coefficient (Wildman–Crippen LogP) is 5.80. The van der Waals surface area contributed by atoms with Crippen LogP contribution in [0.25, 0.3) is 11.7 Å². The summed E-state index contributed by atoms with van der Waals surface area (Å²) >= 11 is 0. The monoisotopic (exact) mass is 315 g/mol. The molecule has 0 heterocycles. The highest BCUT2D eigenvalue weighted by molar-refractivity contribution is 5.83. The molecule has 0 aliphatic rings. The minimum absolute atomic E-state index is 0.104. The lowest BCUT2D eigenvalue weighted by atomic mass is 10.0. The molecule has 0 unspecified atom stereocenters. The van der Waals surface area contributed by atoms with Crippen LogP contribution in [0.4, 0.5) is 13.2 Å². The number of unbranched alkanes of at least 4 members (excludes halogenated alkanes) is 1. The first kappa shape index (κ1) is 16.8. The van der Waals surface area contributed by atoms with Crippen LogP contribution in [-0.4, -0.2) is 0 Å². The molecule has 0 spiro atoms. The van der Waals surface area contributed by atoms with Crippen LogP contribution in [-0.2, 0) is 6.42 Å². The van der Waals surface area contributed by atoms with Crippen molar-refractivity contribution >= 4 is 11.7 Å². The van der Waals surface area contributed by atoms with Gasteiger partial charge in [-0.2, -0.15) is 5.26 Å². The van der Waals surface area contributed by atoms with Gasteiger partial charge in [0.2, 0.25) is 0 Å². The topological polar surface area (TPSA) is 23.8 Å². The van der Waals surface area contributed by atoms with Crippen LogP contribution in [0, 0.1) is 17.1 Å². The Hall–Kier alpha value is -2.54. The highest BCUT2D eigenvalue weighted by Gasteiger charge is 2.13. The molecule has 4 heteroatoms. The molecule has 0 aliphatic heterocycles. The van der Waals surface area contributed by atoms with Crippen molar-refractivity contribution in [3.05, 3.63) is 70.5 Å². The number of benzene rings is 2. The van der Waals surface area contributed by atoms with Gasteiger partial charge in [-0.05, 0) is 30.5 Å². The van der Waals surface area contributed by atoms with Crippen molar-refractivity contribution in [1.29, 1.82) is 5.26 Å². The number of nitrogens with zero attached hydrogens (tertiary/aromatic N) is 1. The zero-order valence-electron chi connectivity index (χ0n) is 12.7. The predicted molar refractivity (Wildman–Crippen MR) is 85.2 cm³/mol. The molecule has 2 aromatic carbocycles. The number of nitriles is 1. The number of halogens is 3. The number of rotatable bonds is 5. The van der Waals surface area contributed by atoms with Crippen molar-refractivity contribution in [2.45, 2.75) is 26.2 Å². The fraction of sp³-hybridized carbons (Fsp3) is 0.211. The van der Waals surface area contributed by atoms with Gasteiger partial charge in [-0.25, -0.2) is 13.2 Å². The molecule has 2 aromatic rings. The Morgan fingerprint density at radius 1 is 1.00 bits per heavy atom.